The van der Waals surface area contributed by atoms with Gasteiger partial charge in [-0.3, -0.25) is 4.68 Å². The summed E-state index contributed by atoms with van der Waals surface area (Å²) in [5, 5.41) is 4.00. The normalized spacial score (nSPS) is 10.6. The largest absolute Gasteiger partial charge is 0.490 e. The molecule has 0 fully saturated rings. The van der Waals surface area contributed by atoms with Gasteiger partial charge in [0.2, 0.25) is 0 Å². The molecular weight excluding hydrogens is 346 g/mol. The van der Waals surface area contributed by atoms with Gasteiger partial charge in [0.25, 0.3) is 0 Å². The fourth-order valence-corrected chi connectivity index (χ4v) is 2.45. The lowest BCUT2D eigenvalue weighted by atomic mass is 10.2. The average Bonchev–Trinajstić information content (AvgIpc) is 2.83. The first-order valence-corrected chi connectivity index (χ1v) is 7.45. The number of aryl methyl sites for hydroxylation is 1. The third-order valence-electron chi connectivity index (χ3n) is 2.67. The summed E-state index contributed by atoms with van der Waals surface area (Å²) in [5.41, 5.74) is 0.966. The number of halogens is 2. The van der Waals surface area contributed by atoms with Crippen molar-refractivity contribution in [1.82, 2.24) is 14.8 Å². The minimum Gasteiger partial charge on any atom is -0.490 e. The summed E-state index contributed by atoms with van der Waals surface area (Å²) in [4.78, 5) is 4.12. The van der Waals surface area contributed by atoms with Crippen molar-refractivity contribution in [2.24, 2.45) is 7.05 Å². The summed E-state index contributed by atoms with van der Waals surface area (Å²) in [6.45, 7) is 2.79. The highest BCUT2D eigenvalue weighted by atomic mass is 79.9. The first-order valence-electron chi connectivity index (χ1n) is 6.12. The molecule has 1 aromatic carbocycles. The molecule has 7 heteroatoms. The average molecular weight is 361 g/mol. The smallest absolute Gasteiger partial charge is 0.176 e. The van der Waals surface area contributed by atoms with Gasteiger partial charge in [-0.1, -0.05) is 0 Å². The monoisotopic (exact) mass is 359 g/mol. The number of benzene rings is 1. The molecule has 2 rings (SSSR count). The topological polar surface area (TPSA) is 49.2 Å². The molecule has 2 aromatic rings. The Balaban J connectivity index is 2.23. The molecular formula is C13H15BrClN3O2. The highest BCUT2D eigenvalue weighted by Gasteiger charge is 2.13. The van der Waals surface area contributed by atoms with Gasteiger partial charge >= 0.3 is 0 Å². The molecule has 0 radical (unpaired) electrons. The second-order valence-corrected chi connectivity index (χ2v) is 5.18. The molecule has 5 nitrogen and oxygen atoms in total. The van der Waals surface area contributed by atoms with Crippen LogP contribution in [0, 0.1) is 0 Å². The number of alkyl halides is 1. The van der Waals surface area contributed by atoms with Crippen molar-refractivity contribution in [3.05, 3.63) is 34.3 Å². The molecule has 0 aliphatic carbocycles. The van der Waals surface area contributed by atoms with E-state index >= 15 is 0 Å². The quantitative estimate of drug-likeness (QED) is 0.742. The molecule has 0 N–H and O–H groups in total. The molecule has 0 aliphatic rings. The predicted octanol–water partition coefficient (Wildman–Crippen LogP) is 3.29. The summed E-state index contributed by atoms with van der Waals surface area (Å²) >= 11 is 9.35. The van der Waals surface area contributed by atoms with Crippen LogP contribution >= 0.6 is 27.5 Å². The molecule has 1 heterocycles. The Labute approximate surface area is 131 Å². The first-order chi connectivity index (χ1) is 9.65. The zero-order valence-electron chi connectivity index (χ0n) is 11.3. The van der Waals surface area contributed by atoms with Crippen molar-refractivity contribution >= 4 is 27.5 Å². The van der Waals surface area contributed by atoms with E-state index < -0.39 is 0 Å². The van der Waals surface area contributed by atoms with Crippen molar-refractivity contribution in [1.29, 1.82) is 0 Å². The highest BCUT2D eigenvalue weighted by molar-refractivity contribution is 9.10. The fraction of sp³-hybridized carbons (Fsp3) is 0.385. The third-order valence-corrected chi connectivity index (χ3v) is 3.57. The molecule has 0 bridgehead atoms. The van der Waals surface area contributed by atoms with Gasteiger partial charge in [-0.15, -0.1) is 11.6 Å². The van der Waals surface area contributed by atoms with Gasteiger partial charge in [-0.2, -0.15) is 5.10 Å². The van der Waals surface area contributed by atoms with Crippen molar-refractivity contribution < 1.29 is 9.47 Å². The van der Waals surface area contributed by atoms with Crippen LogP contribution in [0.4, 0.5) is 0 Å². The van der Waals surface area contributed by atoms with Crippen LogP contribution in [0.2, 0.25) is 0 Å². The number of nitrogens with zero attached hydrogens (tertiary/aromatic N) is 3. The molecule has 0 aliphatic heterocycles. The van der Waals surface area contributed by atoms with Crippen LogP contribution in [0.25, 0.3) is 0 Å². The van der Waals surface area contributed by atoms with E-state index in [0.717, 1.165) is 15.9 Å². The van der Waals surface area contributed by atoms with E-state index in [2.05, 4.69) is 26.0 Å². The van der Waals surface area contributed by atoms with Crippen molar-refractivity contribution in [3.63, 3.8) is 0 Å². The van der Waals surface area contributed by atoms with E-state index in [9.17, 15) is 0 Å². The van der Waals surface area contributed by atoms with Crippen LogP contribution < -0.4 is 9.47 Å². The predicted molar refractivity (Wildman–Crippen MR) is 80.2 cm³/mol. The lowest BCUT2D eigenvalue weighted by molar-refractivity contribution is 0.258. The number of ether oxygens (including phenoxy) is 2. The second-order valence-electron chi connectivity index (χ2n) is 4.06. The molecule has 0 spiro atoms. The number of hydrogen-bond acceptors (Lipinski definition) is 4. The molecule has 0 atom stereocenters. The first kappa shape index (κ1) is 15.1. The zero-order chi connectivity index (χ0) is 14.5. The maximum absolute atomic E-state index is 5.86. The van der Waals surface area contributed by atoms with Crippen molar-refractivity contribution in [2.45, 2.75) is 19.4 Å². The molecule has 0 unspecified atom stereocenters. The van der Waals surface area contributed by atoms with E-state index in [-0.39, 0.29) is 0 Å². The van der Waals surface area contributed by atoms with Crippen LogP contribution in [-0.2, 0) is 19.5 Å². The molecule has 0 amide bonds. The lowest BCUT2D eigenvalue weighted by Gasteiger charge is -2.14. The summed E-state index contributed by atoms with van der Waals surface area (Å²) in [6, 6.07) is 3.80. The van der Waals surface area contributed by atoms with Crippen LogP contribution in [0.15, 0.2) is 22.9 Å². The third kappa shape index (κ3) is 3.43. The summed E-state index contributed by atoms with van der Waals surface area (Å²) in [6.07, 6.45) is 1.49. The summed E-state index contributed by atoms with van der Waals surface area (Å²) < 4.78 is 13.9. The minimum absolute atomic E-state index is 0.315. The van der Waals surface area contributed by atoms with E-state index in [4.69, 9.17) is 21.1 Å². The van der Waals surface area contributed by atoms with Gasteiger partial charge in [0.1, 0.15) is 12.9 Å². The van der Waals surface area contributed by atoms with Crippen molar-refractivity contribution in [2.75, 3.05) is 6.61 Å². The van der Waals surface area contributed by atoms with Gasteiger partial charge in [-0.25, -0.2) is 4.98 Å². The van der Waals surface area contributed by atoms with Gasteiger partial charge in [0.15, 0.2) is 17.3 Å². The van der Waals surface area contributed by atoms with Crippen molar-refractivity contribution in [3.8, 4) is 11.5 Å². The van der Waals surface area contributed by atoms with Crippen LogP contribution in [0.3, 0.4) is 0 Å². The highest BCUT2D eigenvalue weighted by Crippen LogP contribution is 2.37. The van der Waals surface area contributed by atoms with Crippen LogP contribution in [-0.4, -0.2) is 21.4 Å². The van der Waals surface area contributed by atoms with E-state index in [0.29, 0.717) is 30.6 Å². The Kier molecular flexibility index (Phi) is 5.25. The minimum atomic E-state index is 0.315. The van der Waals surface area contributed by atoms with Crippen LogP contribution in [0.1, 0.15) is 18.3 Å². The Morgan fingerprint density at radius 2 is 2.15 bits per heavy atom. The van der Waals surface area contributed by atoms with Gasteiger partial charge < -0.3 is 9.47 Å². The Morgan fingerprint density at radius 1 is 1.35 bits per heavy atom. The van der Waals surface area contributed by atoms with E-state index in [1.807, 2.05) is 26.1 Å². The SMILES string of the molecule is CCOc1cc(CCl)cc(Br)c1OCc1ncnn1C. The van der Waals surface area contributed by atoms with E-state index in [1.54, 1.807) is 4.68 Å². The number of hydrogen-bond donors (Lipinski definition) is 0. The Morgan fingerprint density at radius 3 is 2.75 bits per heavy atom. The summed E-state index contributed by atoms with van der Waals surface area (Å²) in [5.74, 6) is 2.46. The molecule has 108 valence electrons. The molecule has 0 saturated carbocycles. The zero-order valence-corrected chi connectivity index (χ0v) is 13.6. The van der Waals surface area contributed by atoms with E-state index in [1.165, 1.54) is 6.33 Å². The molecule has 20 heavy (non-hydrogen) atoms. The Bertz CT molecular complexity index is 589. The lowest BCUT2D eigenvalue weighted by Crippen LogP contribution is -2.06. The summed E-state index contributed by atoms with van der Waals surface area (Å²) in [7, 11) is 1.82. The maximum Gasteiger partial charge on any atom is 0.176 e. The number of rotatable bonds is 6. The molecule has 0 saturated heterocycles. The Hall–Kier alpha value is -1.27. The number of aromatic nitrogens is 3. The van der Waals surface area contributed by atoms with Gasteiger partial charge in [-0.05, 0) is 40.5 Å². The fourth-order valence-electron chi connectivity index (χ4n) is 1.69. The maximum atomic E-state index is 5.86. The van der Waals surface area contributed by atoms with Crippen LogP contribution in [0.5, 0.6) is 11.5 Å². The second kappa shape index (κ2) is 6.95. The van der Waals surface area contributed by atoms with Gasteiger partial charge in [0, 0.05) is 12.9 Å². The standard InChI is InChI=1S/C13H15BrClN3O2/c1-3-19-11-5-9(6-15)4-10(14)13(11)20-7-12-16-8-17-18(12)2/h4-5,8H,3,6-7H2,1-2H3. The van der Waals surface area contributed by atoms with Gasteiger partial charge in [0.05, 0.1) is 11.1 Å². The molecule has 1 aromatic heterocycles.